The first-order valence-electron chi connectivity index (χ1n) is 12.7. The van der Waals surface area contributed by atoms with Gasteiger partial charge in [-0.15, -0.1) is 0 Å². The molecule has 0 atom stereocenters. The molecule has 3 heterocycles. The summed E-state index contributed by atoms with van der Waals surface area (Å²) in [4.78, 5) is 45.5. The first-order chi connectivity index (χ1) is 16.9. The van der Waals surface area contributed by atoms with E-state index in [4.69, 9.17) is 0 Å². The zero-order valence-electron chi connectivity index (χ0n) is 21.2. The number of nitrogens with one attached hydrogen (secondary N) is 1. The number of anilines is 1. The van der Waals surface area contributed by atoms with E-state index < -0.39 is 0 Å². The Morgan fingerprint density at radius 3 is 2.29 bits per heavy atom. The quantitative estimate of drug-likeness (QED) is 0.589. The van der Waals surface area contributed by atoms with Crippen LogP contribution in [0.4, 0.5) is 5.69 Å². The standard InChI is InChI=1S/C26H38N6O3/c1-20-23(25(34)29(3)26(35)32(20)22-8-5-4-6-9-22)31-14-10-21(11-15-31)24(33)27-12-7-13-30-18-16-28(2)17-19-30/h4-6,8-9,21H,7,10-19H2,1-3H3,(H,27,33). The summed E-state index contributed by atoms with van der Waals surface area (Å²) in [6, 6.07) is 9.38. The van der Waals surface area contributed by atoms with Crippen molar-refractivity contribution in [2.45, 2.75) is 26.2 Å². The number of aromatic nitrogens is 2. The van der Waals surface area contributed by atoms with Crippen LogP contribution >= 0.6 is 0 Å². The zero-order valence-corrected chi connectivity index (χ0v) is 21.2. The van der Waals surface area contributed by atoms with Crippen molar-refractivity contribution in [2.75, 3.05) is 64.3 Å². The molecule has 0 spiro atoms. The molecule has 1 amide bonds. The third kappa shape index (κ3) is 5.67. The highest BCUT2D eigenvalue weighted by Crippen LogP contribution is 2.24. The zero-order chi connectivity index (χ0) is 24.9. The highest BCUT2D eigenvalue weighted by Gasteiger charge is 2.28. The Bertz CT molecular complexity index is 1130. The normalized spacial score (nSPS) is 18.1. The third-order valence-corrected chi connectivity index (χ3v) is 7.41. The molecule has 2 aromatic rings. The monoisotopic (exact) mass is 482 g/mol. The van der Waals surface area contributed by atoms with Crippen LogP contribution in [0, 0.1) is 12.8 Å². The fraction of sp³-hybridized carbons (Fsp3) is 0.577. The van der Waals surface area contributed by atoms with Gasteiger partial charge in [0.1, 0.15) is 5.69 Å². The Labute approximate surface area is 206 Å². The Kier molecular flexibility index (Phi) is 8.07. The van der Waals surface area contributed by atoms with Crippen molar-refractivity contribution in [1.82, 2.24) is 24.3 Å². The number of benzene rings is 1. The molecule has 1 aromatic heterocycles. The molecule has 0 radical (unpaired) electrons. The second kappa shape index (κ2) is 11.2. The third-order valence-electron chi connectivity index (χ3n) is 7.41. The molecule has 190 valence electrons. The van der Waals surface area contributed by atoms with Crippen LogP contribution in [-0.2, 0) is 11.8 Å². The van der Waals surface area contributed by atoms with E-state index in [-0.39, 0.29) is 23.1 Å². The minimum atomic E-state index is -0.353. The lowest BCUT2D eigenvalue weighted by molar-refractivity contribution is -0.125. The lowest BCUT2D eigenvalue weighted by Crippen LogP contribution is -2.47. The number of nitrogens with zero attached hydrogens (tertiary/aromatic N) is 5. The van der Waals surface area contributed by atoms with Gasteiger partial charge in [0.15, 0.2) is 0 Å². The first-order valence-corrected chi connectivity index (χ1v) is 12.7. The van der Waals surface area contributed by atoms with Crippen LogP contribution in [0.3, 0.4) is 0 Å². The van der Waals surface area contributed by atoms with Crippen molar-refractivity contribution >= 4 is 11.6 Å². The number of hydrogen-bond donors (Lipinski definition) is 1. The van der Waals surface area contributed by atoms with Crippen LogP contribution in [-0.4, -0.2) is 84.2 Å². The molecule has 1 N–H and O–H groups in total. The van der Waals surface area contributed by atoms with Gasteiger partial charge in [-0.05, 0) is 51.9 Å². The van der Waals surface area contributed by atoms with E-state index in [0.29, 0.717) is 43.9 Å². The van der Waals surface area contributed by atoms with Crippen LogP contribution in [0.2, 0.25) is 0 Å². The topological polar surface area (TPSA) is 82.8 Å². The van der Waals surface area contributed by atoms with Gasteiger partial charge in [0, 0.05) is 58.8 Å². The molecule has 2 aliphatic rings. The summed E-state index contributed by atoms with van der Waals surface area (Å²) >= 11 is 0. The van der Waals surface area contributed by atoms with Gasteiger partial charge in [0.25, 0.3) is 5.56 Å². The van der Waals surface area contributed by atoms with Gasteiger partial charge in [-0.25, -0.2) is 4.79 Å². The minimum absolute atomic E-state index is 0.0425. The van der Waals surface area contributed by atoms with E-state index >= 15 is 0 Å². The smallest absolute Gasteiger partial charge is 0.335 e. The van der Waals surface area contributed by atoms with Crippen molar-refractivity contribution in [3.8, 4) is 5.69 Å². The lowest BCUT2D eigenvalue weighted by atomic mass is 9.95. The highest BCUT2D eigenvalue weighted by molar-refractivity contribution is 5.79. The van der Waals surface area contributed by atoms with E-state index in [9.17, 15) is 14.4 Å². The van der Waals surface area contributed by atoms with Gasteiger partial charge in [0.2, 0.25) is 5.91 Å². The summed E-state index contributed by atoms with van der Waals surface area (Å²) in [5, 5.41) is 3.12. The molecule has 9 heteroatoms. The second-order valence-corrected chi connectivity index (χ2v) is 9.80. The molecule has 4 rings (SSSR count). The number of carbonyl (C=O) groups excluding carboxylic acids is 1. The number of carbonyl (C=O) groups is 1. The van der Waals surface area contributed by atoms with Gasteiger partial charge < -0.3 is 20.0 Å². The molecule has 2 fully saturated rings. The van der Waals surface area contributed by atoms with E-state index in [1.807, 2.05) is 42.2 Å². The van der Waals surface area contributed by atoms with E-state index in [0.717, 1.165) is 44.8 Å². The molecular formula is C26H38N6O3. The van der Waals surface area contributed by atoms with Crippen molar-refractivity contribution in [2.24, 2.45) is 13.0 Å². The van der Waals surface area contributed by atoms with Crippen molar-refractivity contribution in [3.63, 3.8) is 0 Å². The fourth-order valence-electron chi connectivity index (χ4n) is 5.14. The number of piperazine rings is 1. The summed E-state index contributed by atoms with van der Waals surface area (Å²) in [5.41, 5.74) is 1.27. The van der Waals surface area contributed by atoms with Gasteiger partial charge in [-0.2, -0.15) is 0 Å². The second-order valence-electron chi connectivity index (χ2n) is 9.80. The van der Waals surface area contributed by atoms with Crippen LogP contribution in [0.1, 0.15) is 25.0 Å². The maximum atomic E-state index is 13.1. The molecule has 9 nitrogen and oxygen atoms in total. The molecule has 0 bridgehead atoms. The van der Waals surface area contributed by atoms with Gasteiger partial charge in [-0.3, -0.25) is 18.7 Å². The maximum absolute atomic E-state index is 13.1. The number of hydrogen-bond acceptors (Lipinski definition) is 6. The molecule has 0 saturated carbocycles. The number of rotatable bonds is 7. The number of amides is 1. The van der Waals surface area contributed by atoms with Crippen LogP contribution < -0.4 is 21.5 Å². The summed E-state index contributed by atoms with van der Waals surface area (Å²) in [5.74, 6) is 0.0704. The predicted octanol–water partition coefficient (Wildman–Crippen LogP) is 0.815. The van der Waals surface area contributed by atoms with Crippen molar-refractivity contribution in [1.29, 1.82) is 0 Å². The van der Waals surface area contributed by atoms with Crippen molar-refractivity contribution in [3.05, 3.63) is 56.9 Å². The van der Waals surface area contributed by atoms with Gasteiger partial charge >= 0.3 is 5.69 Å². The van der Waals surface area contributed by atoms with Crippen LogP contribution in [0.5, 0.6) is 0 Å². The SMILES string of the molecule is Cc1c(N2CCC(C(=O)NCCCN3CCN(C)CC3)CC2)c(=O)n(C)c(=O)n1-c1ccccc1. The average Bonchev–Trinajstić information content (AvgIpc) is 2.87. The molecule has 1 aromatic carbocycles. The Balaban J connectivity index is 1.34. The Morgan fingerprint density at radius 2 is 1.63 bits per heavy atom. The molecule has 2 saturated heterocycles. The van der Waals surface area contributed by atoms with E-state index in [1.165, 1.54) is 11.6 Å². The Morgan fingerprint density at radius 1 is 0.971 bits per heavy atom. The largest absolute Gasteiger partial charge is 0.366 e. The van der Waals surface area contributed by atoms with Gasteiger partial charge in [-0.1, -0.05) is 18.2 Å². The summed E-state index contributed by atoms with van der Waals surface area (Å²) in [6.07, 6.45) is 2.35. The number of likely N-dealkylation sites (N-methyl/N-ethyl adjacent to an activating group) is 1. The van der Waals surface area contributed by atoms with Crippen molar-refractivity contribution < 1.29 is 4.79 Å². The average molecular weight is 483 g/mol. The first kappa shape index (κ1) is 25.2. The number of piperidine rings is 1. The molecule has 35 heavy (non-hydrogen) atoms. The summed E-state index contributed by atoms with van der Waals surface area (Å²) in [7, 11) is 3.68. The van der Waals surface area contributed by atoms with Crippen LogP contribution in [0.15, 0.2) is 39.9 Å². The minimum Gasteiger partial charge on any atom is -0.366 e. The van der Waals surface area contributed by atoms with E-state index in [1.54, 1.807) is 4.57 Å². The Hall–Kier alpha value is -2.91. The summed E-state index contributed by atoms with van der Waals surface area (Å²) in [6.45, 7) is 9.18. The van der Waals surface area contributed by atoms with Gasteiger partial charge in [0.05, 0.1) is 11.4 Å². The highest BCUT2D eigenvalue weighted by atomic mass is 16.2. The fourth-order valence-corrected chi connectivity index (χ4v) is 5.14. The van der Waals surface area contributed by atoms with Crippen LogP contribution in [0.25, 0.3) is 5.69 Å². The maximum Gasteiger partial charge on any atom is 0.335 e. The van der Waals surface area contributed by atoms with E-state index in [2.05, 4.69) is 22.2 Å². The molecule has 0 unspecified atom stereocenters. The lowest BCUT2D eigenvalue weighted by Gasteiger charge is -2.34. The molecule has 0 aliphatic carbocycles. The number of para-hydroxylation sites is 1. The predicted molar refractivity (Wildman–Crippen MR) is 139 cm³/mol. The molecular weight excluding hydrogens is 444 g/mol. The molecule has 2 aliphatic heterocycles. The summed E-state index contributed by atoms with van der Waals surface area (Å²) < 4.78 is 2.77.